The molecule has 0 heterocycles. The largest absolute Gasteiger partial charge is 0.383 e. The number of hydrogen-bond donors (Lipinski definition) is 1. The van der Waals surface area contributed by atoms with Crippen LogP contribution in [-0.4, -0.2) is 38.4 Å². The first kappa shape index (κ1) is 11.1. The summed E-state index contributed by atoms with van der Waals surface area (Å²) in [5.74, 6) is 0.435. The molecule has 2 atom stereocenters. The molecular formula is C8H17N3O. The van der Waals surface area contributed by atoms with Gasteiger partial charge in [-0.05, 0) is 13.8 Å². The smallest absolute Gasteiger partial charge is 0.136 e. The van der Waals surface area contributed by atoms with Crippen molar-refractivity contribution in [3.8, 4) is 0 Å². The Morgan fingerprint density at radius 2 is 2.08 bits per heavy atom. The van der Waals surface area contributed by atoms with Gasteiger partial charge in [-0.15, -0.1) is 0 Å². The van der Waals surface area contributed by atoms with Gasteiger partial charge in [0, 0.05) is 14.2 Å². The predicted octanol–water partition coefficient (Wildman–Crippen LogP) is 0.468. The van der Waals surface area contributed by atoms with E-state index in [2.05, 4.69) is 9.98 Å². The molecule has 0 aromatic carbocycles. The summed E-state index contributed by atoms with van der Waals surface area (Å²) in [7, 11) is 3.29. The summed E-state index contributed by atoms with van der Waals surface area (Å²) in [5.41, 5.74) is 5.42. The van der Waals surface area contributed by atoms with Gasteiger partial charge in [0.1, 0.15) is 5.84 Å². The fourth-order valence-electron chi connectivity index (χ4n) is 0.570. The average Bonchev–Trinajstić information content (AvgIpc) is 2.11. The summed E-state index contributed by atoms with van der Waals surface area (Å²) < 4.78 is 5.08. The maximum Gasteiger partial charge on any atom is 0.136 e. The lowest BCUT2D eigenvalue weighted by atomic mass is 10.2. The lowest BCUT2D eigenvalue weighted by Gasteiger charge is -2.13. The van der Waals surface area contributed by atoms with Crippen molar-refractivity contribution >= 4 is 12.1 Å². The minimum atomic E-state index is 0.103. The minimum absolute atomic E-state index is 0.103. The van der Waals surface area contributed by atoms with Gasteiger partial charge in [-0.3, -0.25) is 9.98 Å². The molecule has 4 heteroatoms. The first-order chi connectivity index (χ1) is 5.61. The SMILES string of the molecule is C/N=C(N)\C=N/C(C)C(C)OC. The predicted molar refractivity (Wildman–Crippen MR) is 52.0 cm³/mol. The molecule has 0 aliphatic rings. The monoisotopic (exact) mass is 171 g/mol. The Labute approximate surface area is 73.5 Å². The van der Waals surface area contributed by atoms with Crippen molar-refractivity contribution in [2.24, 2.45) is 15.7 Å². The Bertz CT molecular complexity index is 177. The van der Waals surface area contributed by atoms with Crippen molar-refractivity contribution in [2.45, 2.75) is 26.0 Å². The Morgan fingerprint density at radius 1 is 1.50 bits per heavy atom. The van der Waals surface area contributed by atoms with Crippen LogP contribution >= 0.6 is 0 Å². The molecule has 0 fully saturated rings. The van der Waals surface area contributed by atoms with Crippen LogP contribution in [0.15, 0.2) is 9.98 Å². The number of amidine groups is 1. The van der Waals surface area contributed by atoms with Crippen molar-refractivity contribution in [1.82, 2.24) is 0 Å². The van der Waals surface area contributed by atoms with Crippen LogP contribution in [0.1, 0.15) is 13.8 Å². The molecule has 0 saturated carbocycles. The van der Waals surface area contributed by atoms with Gasteiger partial charge in [-0.25, -0.2) is 0 Å². The summed E-state index contributed by atoms with van der Waals surface area (Å²) in [5, 5.41) is 0. The van der Waals surface area contributed by atoms with Gasteiger partial charge in [0.15, 0.2) is 0 Å². The molecular weight excluding hydrogens is 154 g/mol. The van der Waals surface area contributed by atoms with E-state index in [-0.39, 0.29) is 12.1 Å². The third-order valence-corrected chi connectivity index (χ3v) is 1.75. The lowest BCUT2D eigenvalue weighted by molar-refractivity contribution is 0.101. The number of hydrogen-bond acceptors (Lipinski definition) is 3. The fourth-order valence-corrected chi connectivity index (χ4v) is 0.570. The van der Waals surface area contributed by atoms with E-state index >= 15 is 0 Å². The first-order valence-corrected chi connectivity index (χ1v) is 3.90. The van der Waals surface area contributed by atoms with Gasteiger partial charge in [-0.2, -0.15) is 0 Å². The van der Waals surface area contributed by atoms with Gasteiger partial charge in [0.25, 0.3) is 0 Å². The molecule has 0 aromatic heterocycles. The van der Waals surface area contributed by atoms with Gasteiger partial charge in [-0.1, -0.05) is 0 Å². The van der Waals surface area contributed by atoms with E-state index in [0.29, 0.717) is 5.84 Å². The molecule has 2 N–H and O–H groups in total. The zero-order valence-corrected chi connectivity index (χ0v) is 8.11. The van der Waals surface area contributed by atoms with Gasteiger partial charge in [0.05, 0.1) is 18.4 Å². The maximum atomic E-state index is 5.42. The van der Waals surface area contributed by atoms with Crippen LogP contribution in [0.4, 0.5) is 0 Å². The number of nitrogens with two attached hydrogens (primary N) is 1. The highest BCUT2D eigenvalue weighted by Crippen LogP contribution is 1.99. The number of rotatable bonds is 4. The number of nitrogens with zero attached hydrogens (tertiary/aromatic N) is 2. The van der Waals surface area contributed by atoms with E-state index < -0.39 is 0 Å². The molecule has 0 spiro atoms. The summed E-state index contributed by atoms with van der Waals surface area (Å²) >= 11 is 0. The van der Waals surface area contributed by atoms with Gasteiger partial charge >= 0.3 is 0 Å². The van der Waals surface area contributed by atoms with E-state index in [1.165, 1.54) is 0 Å². The van der Waals surface area contributed by atoms with Crippen molar-refractivity contribution in [2.75, 3.05) is 14.2 Å². The Hall–Kier alpha value is -0.900. The van der Waals surface area contributed by atoms with Crippen LogP contribution in [0.5, 0.6) is 0 Å². The standard InChI is InChI=1S/C8H17N3O/c1-6(7(2)12-4)11-5-8(9)10-3/h5-7H,1-4H3,(H2,9,10)/b11-5-. The molecule has 0 radical (unpaired) electrons. The average molecular weight is 171 g/mol. The second-order valence-electron chi connectivity index (χ2n) is 2.61. The van der Waals surface area contributed by atoms with Crippen molar-refractivity contribution < 1.29 is 4.74 Å². The van der Waals surface area contributed by atoms with Crippen LogP contribution in [-0.2, 0) is 4.74 Å². The second-order valence-corrected chi connectivity index (χ2v) is 2.61. The number of ether oxygens (including phenoxy) is 1. The van der Waals surface area contributed by atoms with E-state index in [0.717, 1.165) is 0 Å². The number of methoxy groups -OCH3 is 1. The molecule has 0 aliphatic carbocycles. The molecule has 0 aromatic rings. The summed E-state index contributed by atoms with van der Waals surface area (Å²) in [6.45, 7) is 3.93. The molecule has 0 bridgehead atoms. The molecule has 0 saturated heterocycles. The molecule has 70 valence electrons. The Kier molecular flexibility index (Phi) is 5.28. The zero-order valence-electron chi connectivity index (χ0n) is 8.11. The molecule has 2 unspecified atom stereocenters. The van der Waals surface area contributed by atoms with Gasteiger partial charge in [0.2, 0.25) is 0 Å². The molecule has 0 rings (SSSR count). The third kappa shape index (κ3) is 4.08. The Morgan fingerprint density at radius 3 is 2.50 bits per heavy atom. The first-order valence-electron chi connectivity index (χ1n) is 3.90. The highest BCUT2D eigenvalue weighted by Gasteiger charge is 2.07. The van der Waals surface area contributed by atoms with E-state index in [1.54, 1.807) is 20.4 Å². The molecule has 0 aliphatic heterocycles. The third-order valence-electron chi connectivity index (χ3n) is 1.75. The van der Waals surface area contributed by atoms with Crippen molar-refractivity contribution in [3.63, 3.8) is 0 Å². The summed E-state index contributed by atoms with van der Waals surface area (Å²) in [6, 6.07) is 0.107. The Balaban J connectivity index is 3.99. The molecule has 12 heavy (non-hydrogen) atoms. The highest BCUT2D eigenvalue weighted by atomic mass is 16.5. The van der Waals surface area contributed by atoms with Gasteiger partial charge < -0.3 is 10.5 Å². The summed E-state index contributed by atoms with van der Waals surface area (Å²) in [6.07, 6.45) is 1.66. The van der Waals surface area contributed by atoms with Crippen molar-refractivity contribution in [3.05, 3.63) is 0 Å². The van der Waals surface area contributed by atoms with E-state index in [9.17, 15) is 0 Å². The second kappa shape index (κ2) is 5.71. The normalized spacial score (nSPS) is 18.2. The van der Waals surface area contributed by atoms with E-state index in [1.807, 2.05) is 13.8 Å². The zero-order chi connectivity index (χ0) is 9.56. The lowest BCUT2D eigenvalue weighted by Crippen LogP contribution is -2.22. The maximum absolute atomic E-state index is 5.42. The summed E-state index contributed by atoms with van der Waals surface area (Å²) in [4.78, 5) is 7.91. The highest BCUT2D eigenvalue weighted by molar-refractivity contribution is 6.28. The fraction of sp³-hybridized carbons (Fsp3) is 0.750. The minimum Gasteiger partial charge on any atom is -0.383 e. The van der Waals surface area contributed by atoms with Crippen molar-refractivity contribution in [1.29, 1.82) is 0 Å². The quantitative estimate of drug-likeness (QED) is 0.493. The van der Waals surface area contributed by atoms with Crippen LogP contribution < -0.4 is 5.73 Å². The number of aliphatic imine (C=N–C) groups is 2. The molecule has 0 amide bonds. The topological polar surface area (TPSA) is 60.0 Å². The van der Waals surface area contributed by atoms with Crippen LogP contribution in [0, 0.1) is 0 Å². The van der Waals surface area contributed by atoms with Crippen LogP contribution in [0.3, 0.4) is 0 Å². The van der Waals surface area contributed by atoms with Crippen LogP contribution in [0.25, 0.3) is 0 Å². The van der Waals surface area contributed by atoms with Crippen LogP contribution in [0.2, 0.25) is 0 Å². The molecule has 4 nitrogen and oxygen atoms in total. The van der Waals surface area contributed by atoms with E-state index in [4.69, 9.17) is 10.5 Å².